The molecule has 78 valence electrons. The monoisotopic (exact) mass is 304 g/mol. The number of halogens is 1. The summed E-state index contributed by atoms with van der Waals surface area (Å²) in [6.45, 7) is 5.78. The van der Waals surface area contributed by atoms with Crippen LogP contribution in [-0.2, 0) is 4.79 Å². The maximum absolute atomic E-state index is 11.6. The SMILES string of the molecule is C=C=CCCC1(C)CCCC(=O)C1I. The number of hydrogen-bond donors (Lipinski definition) is 0. The number of alkyl halides is 1. The molecule has 2 atom stereocenters. The van der Waals surface area contributed by atoms with E-state index < -0.39 is 0 Å². The Morgan fingerprint density at radius 3 is 3.14 bits per heavy atom. The summed E-state index contributed by atoms with van der Waals surface area (Å²) in [5.41, 5.74) is 2.99. The molecule has 0 aliphatic heterocycles. The molecule has 1 saturated carbocycles. The van der Waals surface area contributed by atoms with Crippen LogP contribution in [0.5, 0.6) is 0 Å². The number of ketones is 1. The van der Waals surface area contributed by atoms with E-state index in [-0.39, 0.29) is 9.34 Å². The lowest BCUT2D eigenvalue weighted by atomic mass is 9.72. The fraction of sp³-hybridized carbons (Fsp3) is 0.667. The van der Waals surface area contributed by atoms with Crippen molar-refractivity contribution in [2.45, 2.75) is 43.0 Å². The van der Waals surface area contributed by atoms with E-state index in [1.165, 1.54) is 6.42 Å². The first-order chi connectivity index (χ1) is 6.60. The van der Waals surface area contributed by atoms with Crippen LogP contribution >= 0.6 is 22.6 Å². The summed E-state index contributed by atoms with van der Waals surface area (Å²) < 4.78 is 0.201. The summed E-state index contributed by atoms with van der Waals surface area (Å²) in [5, 5.41) is 0. The van der Waals surface area contributed by atoms with Gasteiger partial charge in [0.2, 0.25) is 0 Å². The molecule has 0 amide bonds. The zero-order valence-corrected chi connectivity index (χ0v) is 10.8. The average molecular weight is 304 g/mol. The first-order valence-electron chi connectivity index (χ1n) is 5.11. The summed E-state index contributed by atoms with van der Waals surface area (Å²) in [6.07, 6.45) is 7.06. The van der Waals surface area contributed by atoms with Crippen LogP contribution in [0.4, 0.5) is 0 Å². The maximum atomic E-state index is 11.6. The van der Waals surface area contributed by atoms with Crippen molar-refractivity contribution in [3.63, 3.8) is 0 Å². The van der Waals surface area contributed by atoms with Crippen molar-refractivity contribution >= 4 is 28.4 Å². The van der Waals surface area contributed by atoms with E-state index in [9.17, 15) is 4.79 Å². The van der Waals surface area contributed by atoms with Gasteiger partial charge in [-0.1, -0.05) is 36.1 Å². The number of hydrogen-bond acceptors (Lipinski definition) is 1. The number of carbonyl (C=O) groups is 1. The molecule has 0 radical (unpaired) electrons. The fourth-order valence-electron chi connectivity index (χ4n) is 2.06. The zero-order valence-electron chi connectivity index (χ0n) is 8.68. The molecule has 0 aromatic rings. The van der Waals surface area contributed by atoms with E-state index in [1.54, 1.807) is 0 Å². The Kier molecular flexibility index (Phi) is 4.39. The second-order valence-corrected chi connectivity index (χ2v) is 5.53. The molecule has 0 aromatic carbocycles. The van der Waals surface area contributed by atoms with Gasteiger partial charge in [0, 0.05) is 6.42 Å². The minimum atomic E-state index is 0.198. The van der Waals surface area contributed by atoms with Crippen molar-refractivity contribution < 1.29 is 4.79 Å². The molecule has 1 nitrogen and oxygen atoms in total. The highest BCUT2D eigenvalue weighted by atomic mass is 127. The van der Waals surface area contributed by atoms with E-state index in [2.05, 4.69) is 41.8 Å². The molecule has 14 heavy (non-hydrogen) atoms. The van der Waals surface area contributed by atoms with Crippen LogP contribution in [0.2, 0.25) is 0 Å². The molecule has 1 aliphatic rings. The van der Waals surface area contributed by atoms with E-state index in [0.29, 0.717) is 5.78 Å². The predicted molar refractivity (Wildman–Crippen MR) is 67.7 cm³/mol. The second kappa shape index (κ2) is 5.13. The third-order valence-corrected chi connectivity index (χ3v) is 5.27. The summed E-state index contributed by atoms with van der Waals surface area (Å²) in [7, 11) is 0. The maximum Gasteiger partial charge on any atom is 0.146 e. The average Bonchev–Trinajstić information content (AvgIpc) is 2.15. The Labute approximate surface area is 99.8 Å². The second-order valence-electron chi connectivity index (χ2n) is 4.28. The van der Waals surface area contributed by atoms with Crippen LogP contribution in [0, 0.1) is 5.41 Å². The largest absolute Gasteiger partial charge is 0.299 e. The summed E-state index contributed by atoms with van der Waals surface area (Å²) in [5.74, 6) is 0.432. The van der Waals surface area contributed by atoms with Crippen LogP contribution < -0.4 is 0 Å². The molecule has 2 heteroatoms. The van der Waals surface area contributed by atoms with Gasteiger partial charge in [-0.25, -0.2) is 0 Å². The smallest absolute Gasteiger partial charge is 0.146 e. The topological polar surface area (TPSA) is 17.1 Å². The van der Waals surface area contributed by atoms with Crippen molar-refractivity contribution in [1.29, 1.82) is 0 Å². The minimum absolute atomic E-state index is 0.198. The van der Waals surface area contributed by atoms with Gasteiger partial charge < -0.3 is 0 Å². The van der Waals surface area contributed by atoms with E-state index in [1.807, 2.05) is 6.08 Å². The standard InChI is InChI=1S/C12H17IO/c1-3-4-5-8-12(2)9-6-7-10(14)11(12)13/h4,11H,1,5-9H2,2H3. The Hall–Kier alpha value is -0.0800. The van der Waals surface area contributed by atoms with Gasteiger partial charge >= 0.3 is 0 Å². The van der Waals surface area contributed by atoms with Crippen molar-refractivity contribution in [2.75, 3.05) is 0 Å². The van der Waals surface area contributed by atoms with Gasteiger partial charge in [0.05, 0.1) is 3.92 Å². The normalized spacial score (nSPS) is 32.4. The molecule has 1 rings (SSSR count). The van der Waals surface area contributed by atoms with Crippen LogP contribution in [0.1, 0.15) is 39.0 Å². The predicted octanol–water partition coefficient (Wildman–Crippen LogP) is 3.67. The summed E-state index contributed by atoms with van der Waals surface area (Å²) >= 11 is 2.31. The first kappa shape index (κ1) is 12.0. The van der Waals surface area contributed by atoms with E-state index >= 15 is 0 Å². The highest BCUT2D eigenvalue weighted by Gasteiger charge is 2.39. The van der Waals surface area contributed by atoms with Crippen molar-refractivity contribution in [1.82, 2.24) is 0 Å². The minimum Gasteiger partial charge on any atom is -0.299 e. The van der Waals surface area contributed by atoms with Crippen molar-refractivity contribution in [2.24, 2.45) is 5.41 Å². The third-order valence-electron chi connectivity index (χ3n) is 3.07. The van der Waals surface area contributed by atoms with Gasteiger partial charge in [-0.05, 0) is 37.2 Å². The molecule has 0 saturated heterocycles. The molecule has 0 N–H and O–H groups in total. The van der Waals surface area contributed by atoms with E-state index in [4.69, 9.17) is 0 Å². The van der Waals surface area contributed by atoms with Gasteiger partial charge in [-0.3, -0.25) is 4.79 Å². The van der Waals surface area contributed by atoms with Gasteiger partial charge in [0.15, 0.2) is 0 Å². The molecule has 1 fully saturated rings. The van der Waals surface area contributed by atoms with E-state index in [0.717, 1.165) is 25.7 Å². The Bertz CT molecular complexity index is 265. The Balaban J connectivity index is 2.61. The Morgan fingerprint density at radius 1 is 1.79 bits per heavy atom. The van der Waals surface area contributed by atoms with Crippen molar-refractivity contribution in [3.8, 4) is 0 Å². The number of allylic oxidation sites excluding steroid dienone is 1. The van der Waals surface area contributed by atoms with Crippen molar-refractivity contribution in [3.05, 3.63) is 18.4 Å². The quantitative estimate of drug-likeness (QED) is 0.442. The summed E-state index contributed by atoms with van der Waals surface area (Å²) in [4.78, 5) is 11.6. The number of Topliss-reactive ketones (excluding diaryl/α,β-unsaturated/α-hetero) is 1. The molecule has 0 heterocycles. The summed E-state index contributed by atoms with van der Waals surface area (Å²) in [6, 6.07) is 0. The third kappa shape index (κ3) is 2.71. The molecule has 1 aliphatic carbocycles. The first-order valence-corrected chi connectivity index (χ1v) is 6.36. The highest BCUT2D eigenvalue weighted by molar-refractivity contribution is 14.1. The lowest BCUT2D eigenvalue weighted by molar-refractivity contribution is -0.122. The lowest BCUT2D eigenvalue weighted by Crippen LogP contribution is -2.37. The van der Waals surface area contributed by atoms with Gasteiger partial charge in [0.1, 0.15) is 5.78 Å². The molecular formula is C12H17IO. The number of rotatable bonds is 3. The zero-order chi connectivity index (χ0) is 10.6. The van der Waals surface area contributed by atoms with Crippen LogP contribution in [0.25, 0.3) is 0 Å². The molecule has 0 bridgehead atoms. The van der Waals surface area contributed by atoms with Crippen LogP contribution in [0.15, 0.2) is 18.4 Å². The van der Waals surface area contributed by atoms with Crippen LogP contribution in [0.3, 0.4) is 0 Å². The fourth-order valence-corrected chi connectivity index (χ4v) is 3.00. The molecule has 0 aromatic heterocycles. The lowest BCUT2D eigenvalue weighted by Gasteiger charge is -2.37. The van der Waals surface area contributed by atoms with Gasteiger partial charge in [-0.2, -0.15) is 0 Å². The molecular weight excluding hydrogens is 287 g/mol. The highest BCUT2D eigenvalue weighted by Crippen LogP contribution is 2.42. The van der Waals surface area contributed by atoms with Gasteiger partial charge in [-0.15, -0.1) is 5.73 Å². The Morgan fingerprint density at radius 2 is 2.50 bits per heavy atom. The molecule has 0 spiro atoms. The van der Waals surface area contributed by atoms with Crippen LogP contribution in [-0.4, -0.2) is 9.71 Å². The van der Waals surface area contributed by atoms with Gasteiger partial charge in [0.25, 0.3) is 0 Å². The number of carbonyl (C=O) groups excluding carboxylic acids is 1. The molecule has 2 unspecified atom stereocenters.